The molecule has 128 valence electrons. The van der Waals surface area contributed by atoms with Crippen LogP contribution in [0.4, 0.5) is 0 Å². The number of aryl methyl sites for hydroxylation is 3. The van der Waals surface area contributed by atoms with Crippen molar-refractivity contribution in [2.75, 3.05) is 7.05 Å². The minimum absolute atomic E-state index is 0.292. The molecule has 23 heavy (non-hydrogen) atoms. The van der Waals surface area contributed by atoms with Gasteiger partial charge in [-0.05, 0) is 27.2 Å². The van der Waals surface area contributed by atoms with Crippen LogP contribution in [0, 0.1) is 13.8 Å². The largest absolute Gasteiger partial charge is 0.273 e. The lowest BCUT2D eigenvalue weighted by Gasteiger charge is -2.16. The van der Waals surface area contributed by atoms with Gasteiger partial charge in [-0.1, -0.05) is 6.92 Å². The van der Waals surface area contributed by atoms with Crippen LogP contribution in [0.5, 0.6) is 0 Å². The molecule has 8 heteroatoms. The molecule has 0 aliphatic rings. The van der Waals surface area contributed by atoms with E-state index in [1.165, 1.54) is 4.31 Å². The average Bonchev–Trinajstić information content (AvgIpc) is 3.04. The highest BCUT2D eigenvalue weighted by molar-refractivity contribution is 7.89. The van der Waals surface area contributed by atoms with Crippen LogP contribution < -0.4 is 0 Å². The van der Waals surface area contributed by atoms with Crippen LogP contribution in [-0.4, -0.2) is 39.3 Å². The highest BCUT2D eigenvalue weighted by Crippen LogP contribution is 2.24. The fraction of sp³-hybridized carbons (Fsp3) is 0.600. The van der Waals surface area contributed by atoms with Crippen molar-refractivity contribution in [1.82, 2.24) is 23.9 Å². The molecule has 0 unspecified atom stereocenters. The highest BCUT2D eigenvalue weighted by atomic mass is 32.2. The third-order valence-electron chi connectivity index (χ3n) is 3.83. The summed E-state index contributed by atoms with van der Waals surface area (Å²) in [5.74, 6) is 0. The van der Waals surface area contributed by atoms with E-state index >= 15 is 0 Å². The Kier molecular flexibility index (Phi) is 5.26. The van der Waals surface area contributed by atoms with Crippen molar-refractivity contribution in [3.8, 4) is 0 Å². The SMILES string of the molecule is CCCn1nc(C)c(S(=O)(=O)N(C)Cc2cnn(CC)c2)c1C. The molecule has 0 saturated heterocycles. The standard InChI is InChI=1S/C15H25N5O2S/c1-6-8-20-13(4)15(12(3)17-20)23(21,22)18(5)10-14-9-16-19(7-2)11-14/h9,11H,6-8,10H2,1-5H3. The number of hydrogen-bond donors (Lipinski definition) is 0. The van der Waals surface area contributed by atoms with Gasteiger partial charge in [0.05, 0.1) is 17.6 Å². The first-order valence-corrected chi connectivity index (χ1v) is 9.26. The van der Waals surface area contributed by atoms with Crippen molar-refractivity contribution >= 4 is 10.0 Å². The molecule has 0 atom stereocenters. The summed E-state index contributed by atoms with van der Waals surface area (Å²) >= 11 is 0. The molecule has 0 aromatic carbocycles. The predicted molar refractivity (Wildman–Crippen MR) is 88.5 cm³/mol. The Morgan fingerprint density at radius 2 is 1.96 bits per heavy atom. The Hall–Kier alpha value is -1.67. The smallest absolute Gasteiger partial charge is 0.246 e. The molecule has 7 nitrogen and oxygen atoms in total. The summed E-state index contributed by atoms with van der Waals surface area (Å²) in [6.45, 7) is 9.36. The van der Waals surface area contributed by atoms with Crippen LogP contribution in [-0.2, 0) is 29.7 Å². The normalized spacial score (nSPS) is 12.3. The van der Waals surface area contributed by atoms with Gasteiger partial charge in [-0.3, -0.25) is 9.36 Å². The van der Waals surface area contributed by atoms with E-state index in [1.807, 2.05) is 27.0 Å². The molecule has 0 fully saturated rings. The van der Waals surface area contributed by atoms with Crippen LogP contribution in [0.25, 0.3) is 0 Å². The Morgan fingerprint density at radius 1 is 1.26 bits per heavy atom. The zero-order valence-electron chi connectivity index (χ0n) is 14.4. The second-order valence-corrected chi connectivity index (χ2v) is 7.67. The second-order valence-electron chi connectivity index (χ2n) is 5.69. The molecule has 0 aliphatic heterocycles. The van der Waals surface area contributed by atoms with E-state index in [-0.39, 0.29) is 0 Å². The van der Waals surface area contributed by atoms with Crippen LogP contribution in [0.3, 0.4) is 0 Å². The lowest BCUT2D eigenvalue weighted by Crippen LogP contribution is -2.27. The highest BCUT2D eigenvalue weighted by Gasteiger charge is 2.28. The zero-order chi connectivity index (χ0) is 17.2. The van der Waals surface area contributed by atoms with Gasteiger partial charge in [0.2, 0.25) is 10.0 Å². The number of nitrogens with zero attached hydrogens (tertiary/aromatic N) is 5. The minimum Gasteiger partial charge on any atom is -0.273 e. The number of hydrogen-bond acceptors (Lipinski definition) is 4. The van der Waals surface area contributed by atoms with Gasteiger partial charge in [-0.15, -0.1) is 0 Å². The van der Waals surface area contributed by atoms with Crippen LogP contribution in [0.2, 0.25) is 0 Å². The van der Waals surface area contributed by atoms with E-state index in [2.05, 4.69) is 10.2 Å². The van der Waals surface area contributed by atoms with Gasteiger partial charge in [0, 0.05) is 38.4 Å². The molecular formula is C15H25N5O2S. The van der Waals surface area contributed by atoms with Gasteiger partial charge < -0.3 is 0 Å². The molecule has 0 saturated carbocycles. The fourth-order valence-electron chi connectivity index (χ4n) is 2.64. The number of sulfonamides is 1. The summed E-state index contributed by atoms with van der Waals surface area (Å²) in [6, 6.07) is 0. The van der Waals surface area contributed by atoms with Gasteiger partial charge in [0.15, 0.2) is 0 Å². The van der Waals surface area contributed by atoms with Crippen LogP contribution >= 0.6 is 0 Å². The van der Waals surface area contributed by atoms with Crippen LogP contribution in [0.15, 0.2) is 17.3 Å². The molecule has 2 aromatic heterocycles. The molecule has 2 aromatic rings. The zero-order valence-corrected chi connectivity index (χ0v) is 15.3. The summed E-state index contributed by atoms with van der Waals surface area (Å²) in [7, 11) is -1.99. The lowest BCUT2D eigenvalue weighted by atomic mass is 10.4. The lowest BCUT2D eigenvalue weighted by molar-refractivity contribution is 0.465. The van der Waals surface area contributed by atoms with E-state index in [1.54, 1.807) is 29.5 Å². The maximum absolute atomic E-state index is 12.9. The van der Waals surface area contributed by atoms with Crippen molar-refractivity contribution in [3.63, 3.8) is 0 Å². The first kappa shape index (κ1) is 17.7. The summed E-state index contributed by atoms with van der Waals surface area (Å²) in [4.78, 5) is 0.316. The molecular weight excluding hydrogens is 314 g/mol. The molecule has 0 radical (unpaired) electrons. The molecule has 0 bridgehead atoms. The van der Waals surface area contributed by atoms with Gasteiger partial charge >= 0.3 is 0 Å². The maximum Gasteiger partial charge on any atom is 0.246 e. The van der Waals surface area contributed by atoms with Crippen LogP contribution in [0.1, 0.15) is 37.2 Å². The van der Waals surface area contributed by atoms with Crippen molar-refractivity contribution < 1.29 is 8.42 Å². The fourth-order valence-corrected chi connectivity index (χ4v) is 4.17. The van der Waals surface area contributed by atoms with E-state index in [0.29, 0.717) is 22.8 Å². The quantitative estimate of drug-likeness (QED) is 0.773. The molecule has 2 rings (SSSR count). The molecule has 0 N–H and O–H groups in total. The predicted octanol–water partition coefficient (Wildman–Crippen LogP) is 1.95. The maximum atomic E-state index is 12.9. The van der Waals surface area contributed by atoms with E-state index in [4.69, 9.17) is 0 Å². The summed E-state index contributed by atoms with van der Waals surface area (Å²) in [5, 5.41) is 8.55. The molecule has 0 amide bonds. The Morgan fingerprint density at radius 3 is 2.52 bits per heavy atom. The average molecular weight is 339 g/mol. The van der Waals surface area contributed by atoms with Crippen molar-refractivity contribution in [1.29, 1.82) is 0 Å². The van der Waals surface area contributed by atoms with E-state index < -0.39 is 10.0 Å². The van der Waals surface area contributed by atoms with Gasteiger partial charge in [0.25, 0.3) is 0 Å². The molecule has 0 aliphatic carbocycles. The minimum atomic E-state index is -3.58. The van der Waals surface area contributed by atoms with Gasteiger partial charge in [0.1, 0.15) is 4.90 Å². The third-order valence-corrected chi connectivity index (χ3v) is 5.89. The number of aromatic nitrogens is 4. The summed E-state index contributed by atoms with van der Waals surface area (Å²) < 4.78 is 30.7. The van der Waals surface area contributed by atoms with E-state index in [0.717, 1.165) is 25.1 Å². The first-order valence-electron chi connectivity index (χ1n) is 7.82. The van der Waals surface area contributed by atoms with E-state index in [9.17, 15) is 8.42 Å². The van der Waals surface area contributed by atoms with Gasteiger partial charge in [-0.2, -0.15) is 14.5 Å². The Balaban J connectivity index is 2.30. The molecule has 0 spiro atoms. The van der Waals surface area contributed by atoms with Crippen molar-refractivity contribution in [3.05, 3.63) is 29.3 Å². The summed E-state index contributed by atoms with van der Waals surface area (Å²) in [6.07, 6.45) is 4.48. The van der Waals surface area contributed by atoms with Crippen molar-refractivity contribution in [2.45, 2.75) is 58.6 Å². The third kappa shape index (κ3) is 3.48. The molecule has 2 heterocycles. The monoisotopic (exact) mass is 339 g/mol. The Labute approximate surface area is 138 Å². The summed E-state index contributed by atoms with van der Waals surface area (Å²) in [5.41, 5.74) is 2.11. The topological polar surface area (TPSA) is 73.0 Å². The second kappa shape index (κ2) is 6.84. The van der Waals surface area contributed by atoms with Gasteiger partial charge in [-0.25, -0.2) is 8.42 Å². The Bertz CT molecular complexity index is 776. The first-order chi connectivity index (χ1) is 10.8. The number of rotatable bonds is 7. The van der Waals surface area contributed by atoms with Crippen molar-refractivity contribution in [2.24, 2.45) is 0 Å².